The lowest BCUT2D eigenvalue weighted by atomic mass is 9.96. The van der Waals surface area contributed by atoms with E-state index in [1.807, 2.05) is 6.92 Å². The molecule has 1 aliphatic heterocycles. The van der Waals surface area contributed by atoms with Crippen LogP contribution in [-0.4, -0.2) is 41.6 Å². The van der Waals surface area contributed by atoms with Gasteiger partial charge in [0.25, 0.3) is 5.91 Å². The Hall–Kier alpha value is -2.04. The summed E-state index contributed by atoms with van der Waals surface area (Å²) in [6.07, 6.45) is 1.22. The van der Waals surface area contributed by atoms with Crippen molar-refractivity contribution in [3.8, 4) is 5.75 Å². The Bertz CT molecular complexity index is 533. The highest BCUT2D eigenvalue weighted by atomic mass is 16.5. The van der Waals surface area contributed by atoms with Gasteiger partial charge < -0.3 is 14.7 Å². The van der Waals surface area contributed by atoms with Crippen LogP contribution in [0, 0.1) is 12.8 Å². The minimum Gasteiger partial charge on any atom is -0.507 e. The first-order valence-corrected chi connectivity index (χ1v) is 7.28. The molecule has 0 saturated carbocycles. The van der Waals surface area contributed by atoms with Gasteiger partial charge in [-0.1, -0.05) is 6.07 Å². The first-order chi connectivity index (χ1) is 10.0. The fourth-order valence-corrected chi connectivity index (χ4v) is 2.57. The molecule has 0 aliphatic carbocycles. The zero-order valence-corrected chi connectivity index (χ0v) is 12.5. The number of hydrogen-bond donors (Lipinski definition) is 1. The molecule has 1 aliphatic rings. The lowest BCUT2D eigenvalue weighted by molar-refractivity contribution is -0.149. The molecule has 114 valence electrons. The molecule has 0 unspecified atom stereocenters. The highest BCUT2D eigenvalue weighted by Crippen LogP contribution is 2.24. The monoisotopic (exact) mass is 291 g/mol. The summed E-state index contributed by atoms with van der Waals surface area (Å²) in [6, 6.07) is 5.03. The van der Waals surface area contributed by atoms with Crippen LogP contribution in [0.25, 0.3) is 0 Å². The molecule has 0 bridgehead atoms. The van der Waals surface area contributed by atoms with Crippen molar-refractivity contribution in [2.24, 2.45) is 5.92 Å². The van der Waals surface area contributed by atoms with E-state index in [4.69, 9.17) is 4.74 Å². The summed E-state index contributed by atoms with van der Waals surface area (Å²) in [4.78, 5) is 25.7. The minimum atomic E-state index is -0.185. The Kier molecular flexibility index (Phi) is 4.83. The zero-order chi connectivity index (χ0) is 15.4. The Morgan fingerprint density at radius 3 is 2.57 bits per heavy atom. The number of nitrogens with zero attached hydrogens (tertiary/aromatic N) is 1. The Morgan fingerprint density at radius 1 is 1.33 bits per heavy atom. The van der Waals surface area contributed by atoms with Crippen molar-refractivity contribution in [2.75, 3.05) is 19.7 Å². The van der Waals surface area contributed by atoms with Gasteiger partial charge in [0.2, 0.25) is 0 Å². The Balaban J connectivity index is 1.98. The number of rotatable bonds is 3. The molecule has 1 aromatic carbocycles. The van der Waals surface area contributed by atoms with Gasteiger partial charge in [-0.2, -0.15) is 0 Å². The fourth-order valence-electron chi connectivity index (χ4n) is 2.57. The zero-order valence-electron chi connectivity index (χ0n) is 12.5. The third kappa shape index (κ3) is 3.54. The summed E-state index contributed by atoms with van der Waals surface area (Å²) in [5.74, 6) is -0.481. The van der Waals surface area contributed by atoms with E-state index in [-0.39, 0.29) is 23.5 Å². The van der Waals surface area contributed by atoms with E-state index in [2.05, 4.69) is 0 Å². The lowest BCUT2D eigenvalue weighted by Gasteiger charge is -2.31. The number of phenols is 1. The van der Waals surface area contributed by atoms with Crippen LogP contribution >= 0.6 is 0 Å². The predicted octanol–water partition coefficient (Wildman–Crippen LogP) is 2.12. The van der Waals surface area contributed by atoms with E-state index in [0.29, 0.717) is 38.1 Å². The van der Waals surface area contributed by atoms with Gasteiger partial charge in [-0.25, -0.2) is 0 Å². The second-order valence-corrected chi connectivity index (χ2v) is 5.34. The Labute approximate surface area is 124 Å². The summed E-state index contributed by atoms with van der Waals surface area (Å²) >= 11 is 0. The number of esters is 1. The first kappa shape index (κ1) is 15.4. The van der Waals surface area contributed by atoms with Crippen molar-refractivity contribution < 1.29 is 19.4 Å². The highest BCUT2D eigenvalue weighted by molar-refractivity contribution is 5.97. The van der Waals surface area contributed by atoms with Crippen molar-refractivity contribution >= 4 is 11.9 Å². The fraction of sp³-hybridized carbons (Fsp3) is 0.500. The first-order valence-electron chi connectivity index (χ1n) is 7.28. The molecule has 1 saturated heterocycles. The van der Waals surface area contributed by atoms with Crippen LogP contribution in [0.2, 0.25) is 0 Å². The second kappa shape index (κ2) is 6.61. The molecule has 5 nitrogen and oxygen atoms in total. The molecule has 1 amide bonds. The highest BCUT2D eigenvalue weighted by Gasteiger charge is 2.29. The number of aromatic hydroxyl groups is 1. The van der Waals surface area contributed by atoms with Crippen LogP contribution in [0.5, 0.6) is 5.75 Å². The number of amides is 1. The normalized spacial score (nSPS) is 15.8. The average Bonchev–Trinajstić information content (AvgIpc) is 2.47. The van der Waals surface area contributed by atoms with Gasteiger partial charge in [-0.05, 0) is 44.4 Å². The lowest BCUT2D eigenvalue weighted by Crippen LogP contribution is -2.40. The number of carbonyl (C=O) groups is 2. The van der Waals surface area contributed by atoms with Crippen molar-refractivity contribution in [1.29, 1.82) is 0 Å². The van der Waals surface area contributed by atoms with Gasteiger partial charge >= 0.3 is 5.97 Å². The number of aryl methyl sites for hydroxylation is 1. The molecule has 1 fully saturated rings. The van der Waals surface area contributed by atoms with E-state index in [9.17, 15) is 14.7 Å². The van der Waals surface area contributed by atoms with Gasteiger partial charge in [-0.15, -0.1) is 0 Å². The van der Waals surface area contributed by atoms with Gasteiger partial charge in [0, 0.05) is 13.1 Å². The van der Waals surface area contributed by atoms with E-state index < -0.39 is 0 Å². The molecular weight excluding hydrogens is 270 g/mol. The number of ether oxygens (including phenoxy) is 1. The number of hydrogen-bond acceptors (Lipinski definition) is 4. The van der Waals surface area contributed by atoms with Crippen molar-refractivity contribution in [2.45, 2.75) is 26.7 Å². The molecule has 5 heteroatoms. The van der Waals surface area contributed by atoms with Crippen LogP contribution in [0.4, 0.5) is 0 Å². The SMILES string of the molecule is CCOC(=O)C1CCN(C(=O)c2ccc(C)cc2O)CC1. The van der Waals surface area contributed by atoms with Gasteiger partial charge in [0.1, 0.15) is 5.75 Å². The van der Waals surface area contributed by atoms with Crippen molar-refractivity contribution in [1.82, 2.24) is 4.90 Å². The molecule has 1 N–H and O–H groups in total. The van der Waals surface area contributed by atoms with Crippen molar-refractivity contribution in [3.63, 3.8) is 0 Å². The number of benzene rings is 1. The molecule has 0 radical (unpaired) electrons. The van der Waals surface area contributed by atoms with E-state index in [1.54, 1.807) is 30.0 Å². The molecule has 2 rings (SSSR count). The largest absolute Gasteiger partial charge is 0.507 e. The summed E-state index contributed by atoms with van der Waals surface area (Å²) in [5, 5.41) is 9.88. The predicted molar refractivity (Wildman–Crippen MR) is 78.1 cm³/mol. The van der Waals surface area contributed by atoms with Gasteiger partial charge in [-0.3, -0.25) is 9.59 Å². The summed E-state index contributed by atoms with van der Waals surface area (Å²) < 4.78 is 5.01. The number of piperidine rings is 1. The molecule has 0 spiro atoms. The topological polar surface area (TPSA) is 66.8 Å². The third-order valence-corrected chi connectivity index (χ3v) is 3.79. The molecule has 0 aromatic heterocycles. The summed E-state index contributed by atoms with van der Waals surface area (Å²) in [5.41, 5.74) is 1.22. The number of phenolic OH excluding ortho intramolecular Hbond substituents is 1. The van der Waals surface area contributed by atoms with Gasteiger partial charge in [0.15, 0.2) is 0 Å². The third-order valence-electron chi connectivity index (χ3n) is 3.79. The van der Waals surface area contributed by atoms with Crippen molar-refractivity contribution in [3.05, 3.63) is 29.3 Å². The Morgan fingerprint density at radius 2 is 2.00 bits per heavy atom. The maximum Gasteiger partial charge on any atom is 0.309 e. The molecule has 21 heavy (non-hydrogen) atoms. The van der Waals surface area contributed by atoms with Crippen LogP contribution < -0.4 is 0 Å². The summed E-state index contributed by atoms with van der Waals surface area (Å²) in [6.45, 7) is 5.05. The van der Waals surface area contributed by atoms with Crippen LogP contribution in [0.1, 0.15) is 35.7 Å². The van der Waals surface area contributed by atoms with E-state index >= 15 is 0 Å². The van der Waals surface area contributed by atoms with Crippen LogP contribution in [-0.2, 0) is 9.53 Å². The quantitative estimate of drug-likeness (QED) is 0.866. The molecule has 0 atom stereocenters. The average molecular weight is 291 g/mol. The second-order valence-electron chi connectivity index (χ2n) is 5.34. The summed E-state index contributed by atoms with van der Waals surface area (Å²) in [7, 11) is 0. The van der Waals surface area contributed by atoms with E-state index in [1.165, 1.54) is 0 Å². The molecule has 1 heterocycles. The molecular formula is C16H21NO4. The number of likely N-dealkylation sites (tertiary alicyclic amines) is 1. The smallest absolute Gasteiger partial charge is 0.309 e. The minimum absolute atomic E-state index is 0.00696. The number of carbonyl (C=O) groups excluding carboxylic acids is 2. The van der Waals surface area contributed by atoms with Crippen LogP contribution in [0.3, 0.4) is 0 Å². The van der Waals surface area contributed by atoms with E-state index in [0.717, 1.165) is 5.56 Å². The molecule has 1 aromatic rings. The maximum absolute atomic E-state index is 12.4. The van der Waals surface area contributed by atoms with Gasteiger partial charge in [0.05, 0.1) is 18.1 Å². The standard InChI is InChI=1S/C16H21NO4/c1-3-21-16(20)12-6-8-17(9-7-12)15(19)13-5-4-11(2)10-14(13)18/h4-5,10,12,18H,3,6-9H2,1-2H3. The van der Waals surface area contributed by atoms with Crippen LogP contribution in [0.15, 0.2) is 18.2 Å². The maximum atomic E-state index is 12.4.